The maximum Gasteiger partial charge on any atom is 0.226 e. The molecule has 0 spiro atoms. The average Bonchev–Trinajstić information content (AvgIpc) is 2.74. The quantitative estimate of drug-likeness (QED) is 0.838. The molecule has 0 aromatic heterocycles. The zero-order valence-corrected chi connectivity index (χ0v) is 16.6. The lowest BCUT2D eigenvalue weighted by atomic mass is 9.95. The fourth-order valence-corrected chi connectivity index (χ4v) is 3.56. The number of nitrogens with one attached hydrogen (secondary N) is 1. The molecule has 0 saturated carbocycles. The topological polar surface area (TPSA) is 58.6 Å². The van der Waals surface area contributed by atoms with Crippen LogP contribution in [0.25, 0.3) is 0 Å². The van der Waals surface area contributed by atoms with E-state index in [2.05, 4.69) is 5.32 Å². The molecule has 1 aliphatic heterocycles. The Labute approximate surface area is 166 Å². The minimum Gasteiger partial charge on any atom is -0.496 e. The number of carbonyl (C=O) groups is 2. The second kappa shape index (κ2) is 9.40. The van der Waals surface area contributed by atoms with Gasteiger partial charge in [-0.3, -0.25) is 9.59 Å². The molecule has 5 nitrogen and oxygen atoms in total. The molecular formula is C23H28N2O3. The van der Waals surface area contributed by atoms with Crippen LogP contribution in [0.2, 0.25) is 0 Å². The molecule has 1 saturated heterocycles. The number of hydrogen-bond donors (Lipinski definition) is 1. The first-order valence-corrected chi connectivity index (χ1v) is 9.79. The fraction of sp³-hybridized carbons (Fsp3) is 0.391. The van der Waals surface area contributed by atoms with Gasteiger partial charge in [0, 0.05) is 31.1 Å². The van der Waals surface area contributed by atoms with Crippen LogP contribution in [0, 0.1) is 12.8 Å². The lowest BCUT2D eigenvalue weighted by Gasteiger charge is -2.31. The van der Waals surface area contributed by atoms with Crippen LogP contribution in [0.5, 0.6) is 5.75 Å². The lowest BCUT2D eigenvalue weighted by Crippen LogP contribution is -2.43. The van der Waals surface area contributed by atoms with E-state index in [9.17, 15) is 9.59 Å². The monoisotopic (exact) mass is 380 g/mol. The number of ether oxygens (including phenoxy) is 1. The highest BCUT2D eigenvalue weighted by molar-refractivity contribution is 5.81. The summed E-state index contributed by atoms with van der Waals surface area (Å²) in [6, 6.07) is 15.7. The molecule has 2 amide bonds. The Morgan fingerprint density at radius 1 is 1.07 bits per heavy atom. The molecule has 1 aliphatic rings. The molecule has 1 heterocycles. The van der Waals surface area contributed by atoms with Gasteiger partial charge in [0.1, 0.15) is 5.75 Å². The van der Waals surface area contributed by atoms with Crippen LogP contribution in [0.3, 0.4) is 0 Å². The Kier molecular flexibility index (Phi) is 6.69. The van der Waals surface area contributed by atoms with E-state index in [0.29, 0.717) is 38.9 Å². The summed E-state index contributed by atoms with van der Waals surface area (Å²) in [4.78, 5) is 26.9. The maximum atomic E-state index is 12.5. The maximum absolute atomic E-state index is 12.5. The summed E-state index contributed by atoms with van der Waals surface area (Å²) >= 11 is 0. The highest BCUT2D eigenvalue weighted by atomic mass is 16.5. The van der Waals surface area contributed by atoms with Crippen LogP contribution in [0.4, 0.5) is 0 Å². The van der Waals surface area contributed by atoms with E-state index in [-0.39, 0.29) is 17.7 Å². The Morgan fingerprint density at radius 3 is 2.43 bits per heavy atom. The van der Waals surface area contributed by atoms with Crippen molar-refractivity contribution in [1.82, 2.24) is 10.2 Å². The van der Waals surface area contributed by atoms with Gasteiger partial charge in [0.15, 0.2) is 0 Å². The van der Waals surface area contributed by atoms with Crippen molar-refractivity contribution in [2.75, 3.05) is 20.2 Å². The normalized spacial score (nSPS) is 14.6. The van der Waals surface area contributed by atoms with E-state index in [1.54, 1.807) is 7.11 Å². The highest BCUT2D eigenvalue weighted by Crippen LogP contribution is 2.20. The molecule has 148 valence electrons. The first-order chi connectivity index (χ1) is 13.6. The van der Waals surface area contributed by atoms with Gasteiger partial charge in [-0.15, -0.1) is 0 Å². The molecule has 0 atom stereocenters. The van der Waals surface area contributed by atoms with Crippen LogP contribution in [0.1, 0.15) is 29.5 Å². The summed E-state index contributed by atoms with van der Waals surface area (Å²) in [7, 11) is 1.63. The minimum atomic E-state index is -0.0434. The molecule has 2 aromatic carbocycles. The number of benzene rings is 2. The van der Waals surface area contributed by atoms with Crippen molar-refractivity contribution < 1.29 is 14.3 Å². The van der Waals surface area contributed by atoms with Gasteiger partial charge >= 0.3 is 0 Å². The second-order valence-electron chi connectivity index (χ2n) is 7.35. The van der Waals surface area contributed by atoms with Gasteiger partial charge in [0.05, 0.1) is 13.5 Å². The van der Waals surface area contributed by atoms with Gasteiger partial charge in [-0.05, 0) is 31.4 Å². The Hall–Kier alpha value is -2.82. The summed E-state index contributed by atoms with van der Waals surface area (Å²) in [5.74, 6) is 0.922. The first-order valence-electron chi connectivity index (χ1n) is 9.79. The van der Waals surface area contributed by atoms with Crippen LogP contribution in [0.15, 0.2) is 48.5 Å². The zero-order chi connectivity index (χ0) is 19.9. The number of hydrogen-bond acceptors (Lipinski definition) is 3. The Bertz CT molecular complexity index is 809. The van der Waals surface area contributed by atoms with E-state index in [1.807, 2.05) is 60.4 Å². The summed E-state index contributed by atoms with van der Waals surface area (Å²) in [6.07, 6.45) is 1.83. The van der Waals surface area contributed by atoms with Gasteiger partial charge in [-0.25, -0.2) is 0 Å². The third-order valence-electron chi connectivity index (χ3n) is 5.34. The third-order valence-corrected chi connectivity index (χ3v) is 5.34. The third kappa shape index (κ3) is 5.12. The number of nitrogens with zero attached hydrogens (tertiary/aromatic N) is 1. The molecule has 5 heteroatoms. The molecule has 0 bridgehead atoms. The predicted octanol–water partition coefficient (Wildman–Crippen LogP) is 3.10. The van der Waals surface area contributed by atoms with E-state index in [4.69, 9.17) is 4.74 Å². The van der Waals surface area contributed by atoms with Gasteiger partial charge < -0.3 is 15.0 Å². The molecule has 1 N–H and O–H groups in total. The van der Waals surface area contributed by atoms with Crippen LogP contribution >= 0.6 is 0 Å². The van der Waals surface area contributed by atoms with E-state index in [1.165, 1.54) is 5.56 Å². The van der Waals surface area contributed by atoms with Crippen molar-refractivity contribution in [2.24, 2.45) is 5.92 Å². The number of carbonyl (C=O) groups excluding carboxylic acids is 2. The van der Waals surface area contributed by atoms with Gasteiger partial charge in [-0.2, -0.15) is 0 Å². The van der Waals surface area contributed by atoms with Crippen molar-refractivity contribution >= 4 is 11.8 Å². The van der Waals surface area contributed by atoms with Gasteiger partial charge in [-0.1, -0.05) is 48.0 Å². The summed E-state index contributed by atoms with van der Waals surface area (Å²) in [6.45, 7) is 3.76. The van der Waals surface area contributed by atoms with Crippen molar-refractivity contribution in [3.05, 3.63) is 65.2 Å². The molecule has 2 aromatic rings. The van der Waals surface area contributed by atoms with Crippen molar-refractivity contribution in [2.45, 2.75) is 32.7 Å². The Balaban J connectivity index is 1.45. The molecule has 3 rings (SSSR count). The lowest BCUT2D eigenvalue weighted by molar-refractivity contribution is -0.135. The Morgan fingerprint density at radius 2 is 1.75 bits per heavy atom. The number of para-hydroxylation sites is 1. The molecule has 0 radical (unpaired) electrons. The molecular weight excluding hydrogens is 352 g/mol. The average molecular weight is 380 g/mol. The number of piperidine rings is 1. The highest BCUT2D eigenvalue weighted by Gasteiger charge is 2.27. The number of rotatable bonds is 6. The predicted molar refractivity (Wildman–Crippen MR) is 109 cm³/mol. The SMILES string of the molecule is COc1ccccc1CNC(=O)C1CCN(C(=O)Cc2ccc(C)cc2)CC1. The van der Waals surface area contributed by atoms with E-state index >= 15 is 0 Å². The van der Waals surface area contributed by atoms with Crippen LogP contribution in [-0.2, 0) is 22.6 Å². The fourth-order valence-electron chi connectivity index (χ4n) is 3.56. The van der Waals surface area contributed by atoms with Crippen molar-refractivity contribution in [1.29, 1.82) is 0 Å². The molecule has 28 heavy (non-hydrogen) atoms. The summed E-state index contributed by atoms with van der Waals surface area (Å²) in [5.41, 5.74) is 3.19. The molecule has 0 aliphatic carbocycles. The van der Waals surface area contributed by atoms with E-state index in [0.717, 1.165) is 16.9 Å². The largest absolute Gasteiger partial charge is 0.496 e. The van der Waals surface area contributed by atoms with Crippen molar-refractivity contribution in [3.63, 3.8) is 0 Å². The number of likely N-dealkylation sites (tertiary alicyclic amines) is 1. The van der Waals surface area contributed by atoms with Gasteiger partial charge in [0.2, 0.25) is 11.8 Å². The number of methoxy groups -OCH3 is 1. The molecule has 1 fully saturated rings. The summed E-state index contributed by atoms with van der Waals surface area (Å²) in [5, 5.41) is 3.01. The summed E-state index contributed by atoms with van der Waals surface area (Å²) < 4.78 is 5.32. The van der Waals surface area contributed by atoms with Crippen LogP contribution < -0.4 is 10.1 Å². The van der Waals surface area contributed by atoms with Gasteiger partial charge in [0.25, 0.3) is 0 Å². The number of aryl methyl sites for hydroxylation is 1. The van der Waals surface area contributed by atoms with Crippen LogP contribution in [-0.4, -0.2) is 36.9 Å². The number of amides is 2. The minimum absolute atomic E-state index is 0.0434. The standard InChI is InChI=1S/C23H28N2O3/c1-17-7-9-18(10-8-17)15-22(26)25-13-11-19(12-14-25)23(27)24-16-20-5-3-4-6-21(20)28-2/h3-10,19H,11-16H2,1-2H3,(H,24,27). The zero-order valence-electron chi connectivity index (χ0n) is 16.6. The van der Waals surface area contributed by atoms with E-state index < -0.39 is 0 Å². The van der Waals surface area contributed by atoms with Crippen molar-refractivity contribution in [3.8, 4) is 5.75 Å². The second-order valence-corrected chi connectivity index (χ2v) is 7.35. The first kappa shape index (κ1) is 19.9. The smallest absolute Gasteiger partial charge is 0.226 e. The molecule has 0 unspecified atom stereocenters.